The van der Waals surface area contributed by atoms with Gasteiger partial charge in [-0.3, -0.25) is 4.79 Å². The van der Waals surface area contributed by atoms with Crippen molar-refractivity contribution in [2.24, 2.45) is 5.73 Å². The molecule has 0 aliphatic carbocycles. The van der Waals surface area contributed by atoms with Crippen molar-refractivity contribution in [3.63, 3.8) is 0 Å². The highest BCUT2D eigenvalue weighted by Gasteiger charge is 1.99. The maximum Gasteiger partial charge on any atom is 0.159 e. The zero-order chi connectivity index (χ0) is 9.68. The van der Waals surface area contributed by atoms with Crippen LogP contribution in [-0.4, -0.2) is 18.9 Å². The molecule has 1 aromatic rings. The first-order valence-electron chi connectivity index (χ1n) is 4.18. The van der Waals surface area contributed by atoms with Gasteiger partial charge in [-0.15, -0.1) is 0 Å². The van der Waals surface area contributed by atoms with Crippen molar-refractivity contribution in [1.82, 2.24) is 0 Å². The van der Waals surface area contributed by atoms with Crippen molar-refractivity contribution in [3.05, 3.63) is 29.8 Å². The number of carbonyl (C=O) groups excluding carboxylic acids is 1. The van der Waals surface area contributed by atoms with Crippen molar-refractivity contribution in [1.29, 1.82) is 0 Å². The van der Waals surface area contributed by atoms with Crippen LogP contribution in [0.25, 0.3) is 0 Å². The third-order valence-corrected chi connectivity index (χ3v) is 1.63. The van der Waals surface area contributed by atoms with Crippen molar-refractivity contribution < 1.29 is 9.53 Å². The average molecular weight is 179 g/mol. The van der Waals surface area contributed by atoms with Gasteiger partial charge in [0.2, 0.25) is 0 Å². The molecular weight excluding hydrogens is 166 g/mol. The van der Waals surface area contributed by atoms with E-state index in [4.69, 9.17) is 10.5 Å². The zero-order valence-electron chi connectivity index (χ0n) is 7.62. The fourth-order valence-electron chi connectivity index (χ4n) is 0.982. The average Bonchev–Trinajstić information content (AvgIpc) is 2.15. The molecule has 0 spiro atoms. The lowest BCUT2D eigenvalue weighted by molar-refractivity contribution is 0.101. The number of nitrogens with two attached hydrogens (primary N) is 1. The normalized spacial score (nSPS) is 9.69. The Morgan fingerprint density at radius 2 is 2.31 bits per heavy atom. The Hall–Kier alpha value is -1.35. The Labute approximate surface area is 77.5 Å². The molecule has 0 unspecified atom stereocenters. The van der Waals surface area contributed by atoms with Crippen LogP contribution in [-0.2, 0) is 0 Å². The van der Waals surface area contributed by atoms with Gasteiger partial charge in [0.25, 0.3) is 0 Å². The number of ether oxygens (including phenoxy) is 1. The molecule has 3 nitrogen and oxygen atoms in total. The van der Waals surface area contributed by atoms with Gasteiger partial charge in [-0.05, 0) is 19.1 Å². The van der Waals surface area contributed by atoms with Gasteiger partial charge >= 0.3 is 0 Å². The van der Waals surface area contributed by atoms with Crippen LogP contribution < -0.4 is 10.5 Å². The molecule has 3 heteroatoms. The van der Waals surface area contributed by atoms with E-state index in [0.29, 0.717) is 24.5 Å². The van der Waals surface area contributed by atoms with Crippen LogP contribution in [0.15, 0.2) is 24.3 Å². The second kappa shape index (κ2) is 4.62. The molecule has 0 aliphatic rings. The summed E-state index contributed by atoms with van der Waals surface area (Å²) in [4.78, 5) is 11.0. The molecule has 0 aliphatic heterocycles. The summed E-state index contributed by atoms with van der Waals surface area (Å²) in [5.74, 6) is 0.733. The molecule has 1 aromatic carbocycles. The highest BCUT2D eigenvalue weighted by Crippen LogP contribution is 2.13. The number of carbonyl (C=O) groups is 1. The van der Waals surface area contributed by atoms with Gasteiger partial charge in [0.05, 0.1) is 0 Å². The number of benzene rings is 1. The Kier molecular flexibility index (Phi) is 3.46. The zero-order valence-corrected chi connectivity index (χ0v) is 7.62. The van der Waals surface area contributed by atoms with Crippen LogP contribution in [0.1, 0.15) is 17.3 Å². The fraction of sp³-hybridized carbons (Fsp3) is 0.300. The van der Waals surface area contributed by atoms with Gasteiger partial charge in [-0.25, -0.2) is 0 Å². The summed E-state index contributed by atoms with van der Waals surface area (Å²) in [6.07, 6.45) is 0. The molecule has 0 heterocycles. The predicted molar refractivity (Wildman–Crippen MR) is 51.0 cm³/mol. The van der Waals surface area contributed by atoms with Crippen molar-refractivity contribution in [2.75, 3.05) is 13.2 Å². The third kappa shape index (κ3) is 2.87. The molecular formula is C10H13NO2. The minimum absolute atomic E-state index is 0.0400. The van der Waals surface area contributed by atoms with E-state index >= 15 is 0 Å². The van der Waals surface area contributed by atoms with Gasteiger partial charge in [-0.2, -0.15) is 0 Å². The van der Waals surface area contributed by atoms with Gasteiger partial charge in [0.15, 0.2) is 5.78 Å². The standard InChI is InChI=1S/C10H13NO2/c1-8(12)9-3-2-4-10(7-9)13-6-5-11/h2-4,7H,5-6,11H2,1H3. The van der Waals surface area contributed by atoms with Gasteiger partial charge in [0, 0.05) is 12.1 Å². The van der Waals surface area contributed by atoms with Crippen LogP contribution >= 0.6 is 0 Å². The molecule has 0 radical (unpaired) electrons. The summed E-state index contributed by atoms with van der Waals surface area (Å²) < 4.78 is 5.27. The maximum atomic E-state index is 11.0. The molecule has 0 saturated heterocycles. The lowest BCUT2D eigenvalue weighted by Crippen LogP contribution is -2.10. The molecule has 0 saturated carbocycles. The van der Waals surface area contributed by atoms with Crippen LogP contribution in [0.4, 0.5) is 0 Å². The molecule has 70 valence electrons. The Bertz CT molecular complexity index is 297. The highest BCUT2D eigenvalue weighted by molar-refractivity contribution is 5.94. The van der Waals surface area contributed by atoms with E-state index in [-0.39, 0.29) is 5.78 Å². The highest BCUT2D eigenvalue weighted by atomic mass is 16.5. The molecule has 0 aromatic heterocycles. The monoisotopic (exact) mass is 179 g/mol. The van der Waals surface area contributed by atoms with E-state index in [1.165, 1.54) is 6.92 Å². The molecule has 0 atom stereocenters. The van der Waals surface area contributed by atoms with E-state index < -0.39 is 0 Å². The van der Waals surface area contributed by atoms with Gasteiger partial charge in [-0.1, -0.05) is 12.1 Å². The van der Waals surface area contributed by atoms with Crippen molar-refractivity contribution in [3.8, 4) is 5.75 Å². The minimum Gasteiger partial charge on any atom is -0.492 e. The Morgan fingerprint density at radius 3 is 2.92 bits per heavy atom. The third-order valence-electron chi connectivity index (χ3n) is 1.63. The van der Waals surface area contributed by atoms with Crippen LogP contribution in [0.2, 0.25) is 0 Å². The van der Waals surface area contributed by atoms with E-state index in [1.54, 1.807) is 18.2 Å². The van der Waals surface area contributed by atoms with Crippen molar-refractivity contribution >= 4 is 5.78 Å². The van der Waals surface area contributed by atoms with E-state index in [0.717, 1.165) is 0 Å². The van der Waals surface area contributed by atoms with E-state index in [9.17, 15) is 4.79 Å². The second-order valence-corrected chi connectivity index (χ2v) is 2.72. The topological polar surface area (TPSA) is 52.3 Å². The van der Waals surface area contributed by atoms with E-state index in [2.05, 4.69) is 0 Å². The first-order chi connectivity index (χ1) is 6.24. The SMILES string of the molecule is CC(=O)c1cccc(OCCN)c1. The lowest BCUT2D eigenvalue weighted by Gasteiger charge is -2.04. The van der Waals surface area contributed by atoms with Crippen LogP contribution in [0.3, 0.4) is 0 Å². The summed E-state index contributed by atoms with van der Waals surface area (Å²) in [7, 11) is 0. The van der Waals surface area contributed by atoms with Gasteiger partial charge < -0.3 is 10.5 Å². The van der Waals surface area contributed by atoms with Crippen LogP contribution in [0.5, 0.6) is 5.75 Å². The van der Waals surface area contributed by atoms with Gasteiger partial charge in [0.1, 0.15) is 12.4 Å². The smallest absolute Gasteiger partial charge is 0.159 e. The Balaban J connectivity index is 2.73. The maximum absolute atomic E-state index is 11.0. The predicted octanol–water partition coefficient (Wildman–Crippen LogP) is 1.23. The fourth-order valence-corrected chi connectivity index (χ4v) is 0.982. The Morgan fingerprint density at radius 1 is 1.54 bits per heavy atom. The second-order valence-electron chi connectivity index (χ2n) is 2.72. The summed E-state index contributed by atoms with van der Waals surface area (Å²) in [5.41, 5.74) is 5.94. The first kappa shape index (κ1) is 9.74. The quantitative estimate of drug-likeness (QED) is 0.707. The number of Topliss-reactive ketones (excluding diaryl/α,β-unsaturated/α-hetero) is 1. The lowest BCUT2D eigenvalue weighted by atomic mass is 10.1. The molecule has 13 heavy (non-hydrogen) atoms. The molecule has 0 amide bonds. The number of rotatable bonds is 4. The molecule has 0 bridgehead atoms. The number of hydrogen-bond acceptors (Lipinski definition) is 3. The summed E-state index contributed by atoms with van der Waals surface area (Å²) in [6, 6.07) is 7.08. The van der Waals surface area contributed by atoms with Crippen LogP contribution in [0, 0.1) is 0 Å². The molecule has 0 fully saturated rings. The molecule has 2 N–H and O–H groups in total. The minimum atomic E-state index is 0.0400. The summed E-state index contributed by atoms with van der Waals surface area (Å²) in [5, 5.41) is 0. The molecule has 1 rings (SSSR count). The summed E-state index contributed by atoms with van der Waals surface area (Å²) >= 11 is 0. The largest absolute Gasteiger partial charge is 0.492 e. The summed E-state index contributed by atoms with van der Waals surface area (Å²) in [6.45, 7) is 2.48. The first-order valence-corrected chi connectivity index (χ1v) is 4.18. The van der Waals surface area contributed by atoms with E-state index in [1.807, 2.05) is 6.07 Å². The van der Waals surface area contributed by atoms with Crippen molar-refractivity contribution in [2.45, 2.75) is 6.92 Å². The number of hydrogen-bond donors (Lipinski definition) is 1. The number of ketones is 1.